The number of furan rings is 1. The van der Waals surface area contributed by atoms with E-state index in [2.05, 4.69) is 204 Å². The Kier molecular flexibility index (Phi) is 10.6. The van der Waals surface area contributed by atoms with Gasteiger partial charge in [0.05, 0.1) is 0 Å². The van der Waals surface area contributed by atoms with Gasteiger partial charge < -0.3 is 4.42 Å². The molecular weight excluding hydrogens is 774 g/mol. The molecule has 0 saturated carbocycles. The van der Waals surface area contributed by atoms with E-state index in [9.17, 15) is 0 Å². The molecule has 294 valence electrons. The number of benzene rings is 9. The van der Waals surface area contributed by atoms with Crippen molar-refractivity contribution in [2.75, 3.05) is 0 Å². The van der Waals surface area contributed by atoms with E-state index in [-0.39, 0.29) is 0 Å². The van der Waals surface area contributed by atoms with E-state index in [1.54, 1.807) is 0 Å². The highest BCUT2D eigenvalue weighted by atomic mass is 16.3. The molecule has 20 heteroatoms. The summed E-state index contributed by atoms with van der Waals surface area (Å²) in [5.74, 6) is 0. The van der Waals surface area contributed by atoms with Gasteiger partial charge in [0.1, 0.15) is 160 Å². The molecule has 0 N–H and O–H groups in total. The van der Waals surface area contributed by atoms with Gasteiger partial charge in [0.2, 0.25) is 0 Å². The molecule has 10 rings (SSSR count). The molecule has 9 aromatic carbocycles. The molecule has 10 aromatic rings. The minimum absolute atomic E-state index is 0.933. The third kappa shape index (κ3) is 5.88. The van der Waals surface area contributed by atoms with Crippen molar-refractivity contribution in [1.29, 1.82) is 0 Å². The van der Waals surface area contributed by atoms with Crippen LogP contribution in [0, 0.1) is 0 Å². The first-order chi connectivity index (χ1) is 31.2. The summed E-state index contributed by atoms with van der Waals surface area (Å²) in [5, 5.41) is 13.3. The molecule has 66 heavy (non-hydrogen) atoms. The highest BCUT2D eigenvalue weighted by Crippen LogP contribution is 2.42. The normalized spacial score (nSPS) is 11.9. The summed E-state index contributed by atoms with van der Waals surface area (Å²) in [6.07, 6.45) is 0. The fourth-order valence-corrected chi connectivity index (χ4v) is 12.7. The number of fused-ring (bicyclic) bond motifs is 7. The molecule has 0 aliphatic heterocycles. The fourth-order valence-electron chi connectivity index (χ4n) is 12.7. The largest absolute Gasteiger partial charge is 0.456 e. The van der Waals surface area contributed by atoms with Gasteiger partial charge in [-0.1, -0.05) is 102 Å². The topological polar surface area (TPSA) is 13.1 Å². The van der Waals surface area contributed by atoms with Crippen LogP contribution in [0.15, 0.2) is 59.0 Å². The lowest BCUT2D eigenvalue weighted by Crippen LogP contribution is -2.53. The van der Waals surface area contributed by atoms with Gasteiger partial charge >= 0.3 is 0 Å². The predicted molar refractivity (Wildman–Crippen MR) is 355 cm³/mol. The molecule has 0 fully saturated rings. The van der Waals surface area contributed by atoms with Gasteiger partial charge in [-0.15, -0.1) is 38.2 Å². The van der Waals surface area contributed by atoms with Gasteiger partial charge in [0, 0.05) is 10.8 Å². The predicted octanol–water partition coefficient (Wildman–Crippen LogP) is -19.9. The first kappa shape index (κ1) is 44.9. The van der Waals surface area contributed by atoms with Crippen LogP contribution in [0.3, 0.4) is 0 Å². The van der Waals surface area contributed by atoms with Crippen molar-refractivity contribution < 1.29 is 4.42 Å². The van der Waals surface area contributed by atoms with Crippen molar-refractivity contribution in [2.45, 2.75) is 0 Å². The molecule has 0 bridgehead atoms. The summed E-state index contributed by atoms with van der Waals surface area (Å²) in [7, 11) is 45.2. The minimum Gasteiger partial charge on any atom is -0.456 e. The van der Waals surface area contributed by atoms with Gasteiger partial charge in [-0.2, -0.15) is 0 Å². The van der Waals surface area contributed by atoms with Gasteiger partial charge in [-0.25, -0.2) is 0 Å². The van der Waals surface area contributed by atoms with Crippen LogP contribution in [0.4, 0.5) is 0 Å². The fraction of sp³-hybridized carbons (Fsp3) is 0. The van der Waals surface area contributed by atoms with Gasteiger partial charge in [0.25, 0.3) is 0 Å². The number of hydrogen-bond acceptors (Lipinski definition) is 1. The summed E-state index contributed by atoms with van der Waals surface area (Å²) in [5.41, 5.74) is 36.3. The van der Waals surface area contributed by atoms with Crippen LogP contribution in [0.2, 0.25) is 0 Å². The van der Waals surface area contributed by atoms with Crippen LogP contribution >= 0.6 is 0 Å². The third-order valence-corrected chi connectivity index (χ3v) is 17.9. The first-order valence-corrected chi connectivity index (χ1v) is 24.1. The summed E-state index contributed by atoms with van der Waals surface area (Å²) in [6, 6.07) is 19.8. The van der Waals surface area contributed by atoms with E-state index in [1.807, 2.05) is 0 Å². The van der Waals surface area contributed by atoms with E-state index >= 15 is 0 Å². The second-order valence-electron chi connectivity index (χ2n) is 20.5. The lowest BCUT2D eigenvalue weighted by molar-refractivity contribution is 0.669. The molecule has 0 amide bonds. The van der Waals surface area contributed by atoms with Crippen molar-refractivity contribution >= 4 is 318 Å². The SMILES string of the molecule is Bc1c(B)c(-c2cccc3oc4cc5ccccc5cc4c23)c(B)c(B)c1-c1c2c(B)c(B)c(B)c(B)c2c(-c2c(B)c(B)c(B)c3c(B)c(B)c(B)c(B)c23)c2c(B)c(B)c(B)c(B)c12. The molecule has 1 aromatic heterocycles. The second kappa shape index (κ2) is 15.5. The number of rotatable bonds is 3. The lowest BCUT2D eigenvalue weighted by Gasteiger charge is -2.32. The summed E-state index contributed by atoms with van der Waals surface area (Å²) >= 11 is 0. The highest BCUT2D eigenvalue weighted by Gasteiger charge is 2.30. The zero-order chi connectivity index (χ0) is 47.4. The van der Waals surface area contributed by atoms with E-state index < -0.39 is 0 Å². The average molecular weight is 821 g/mol. The second-order valence-corrected chi connectivity index (χ2v) is 20.5. The Bertz CT molecular complexity index is 3810. The number of hydrogen-bond donors (Lipinski definition) is 0. The van der Waals surface area contributed by atoms with Crippen LogP contribution in [-0.2, 0) is 0 Å². The Balaban J connectivity index is 1.44. The third-order valence-electron chi connectivity index (χ3n) is 17.9. The minimum atomic E-state index is 0.933. The standard InChI is InChI=1S/C46H47B19O/c47-28-17(12-6-3-7-14-16(12)13-8-10-4-1-2-5-11(10)9-15(13)66-14)29(48)37(56)26(36(28)55)19-23-20(31(50)41(60)43(62)33(23)52)18(21-24(19)34(53)44(63)42(61)32(21)51)22-25-27(38(57)40(59)30(22)49)39(58)46(65)45(64)35(25)54/h1-9H,47-65H2. The van der Waals surface area contributed by atoms with Crippen molar-refractivity contribution in [3.63, 3.8) is 0 Å². The van der Waals surface area contributed by atoms with Crippen LogP contribution in [-0.4, -0.2) is 149 Å². The molecule has 1 heterocycles. The Morgan fingerprint density at radius 2 is 0.591 bits per heavy atom. The summed E-state index contributed by atoms with van der Waals surface area (Å²) in [4.78, 5) is 0. The lowest BCUT2D eigenvalue weighted by atomic mass is 9.55. The highest BCUT2D eigenvalue weighted by molar-refractivity contribution is 6.75. The molecular formula is C46H47B19O. The Morgan fingerprint density at radius 3 is 1.05 bits per heavy atom. The van der Waals surface area contributed by atoms with Crippen molar-refractivity contribution in [1.82, 2.24) is 0 Å². The van der Waals surface area contributed by atoms with Crippen molar-refractivity contribution in [3.8, 4) is 33.4 Å². The molecule has 0 aliphatic carbocycles. The van der Waals surface area contributed by atoms with Crippen molar-refractivity contribution in [3.05, 3.63) is 54.6 Å². The van der Waals surface area contributed by atoms with E-state index in [0.29, 0.717) is 0 Å². The van der Waals surface area contributed by atoms with E-state index in [0.717, 1.165) is 11.2 Å². The Hall–Kier alpha value is -4.95. The van der Waals surface area contributed by atoms with E-state index in [4.69, 9.17) is 4.42 Å². The Labute approximate surface area is 407 Å². The van der Waals surface area contributed by atoms with Crippen molar-refractivity contribution in [2.24, 2.45) is 0 Å². The molecule has 0 unspecified atom stereocenters. The smallest absolute Gasteiger partial charge is 0.139 e. The average Bonchev–Trinajstić information content (AvgIpc) is 3.67. The zero-order valence-electron chi connectivity index (χ0n) is 43.1. The van der Waals surface area contributed by atoms with Gasteiger partial charge in [-0.3, -0.25) is 0 Å². The molecule has 0 radical (unpaired) electrons. The molecule has 0 spiro atoms. The molecule has 0 saturated heterocycles. The van der Waals surface area contributed by atoms with Crippen LogP contribution in [0.1, 0.15) is 0 Å². The van der Waals surface area contributed by atoms with Gasteiger partial charge in [0.15, 0.2) is 0 Å². The molecule has 0 atom stereocenters. The summed E-state index contributed by atoms with van der Waals surface area (Å²) in [6.45, 7) is 0. The maximum Gasteiger partial charge on any atom is 0.139 e. The Morgan fingerprint density at radius 1 is 0.242 bits per heavy atom. The maximum atomic E-state index is 6.67. The maximum absolute atomic E-state index is 6.67. The van der Waals surface area contributed by atoms with Crippen LogP contribution in [0.25, 0.3) is 98.4 Å². The monoisotopic (exact) mass is 825 g/mol. The van der Waals surface area contributed by atoms with Gasteiger partial charge in [-0.05, 0) is 94.7 Å². The zero-order valence-corrected chi connectivity index (χ0v) is 43.1. The first-order valence-electron chi connectivity index (χ1n) is 24.1. The van der Waals surface area contributed by atoms with E-state index in [1.165, 1.54) is 191 Å². The van der Waals surface area contributed by atoms with Crippen LogP contribution in [0.5, 0.6) is 0 Å². The molecule has 0 aliphatic rings. The van der Waals surface area contributed by atoms with Crippen LogP contribution < -0.4 is 104 Å². The quantitative estimate of drug-likeness (QED) is 0.128. The molecule has 1 nitrogen and oxygen atoms in total. The summed E-state index contributed by atoms with van der Waals surface area (Å²) < 4.78 is 6.67.